The Morgan fingerprint density at radius 2 is 2.00 bits per heavy atom. The van der Waals surface area contributed by atoms with Crippen molar-refractivity contribution in [1.82, 2.24) is 0 Å². The Hall–Kier alpha value is -2.42. The highest BCUT2D eigenvalue weighted by atomic mass is 16.7. The summed E-state index contributed by atoms with van der Waals surface area (Å²) >= 11 is 0. The molecule has 1 aromatic carbocycles. The number of ketones is 1. The van der Waals surface area contributed by atoms with Gasteiger partial charge in [0.05, 0.1) is 6.07 Å². The van der Waals surface area contributed by atoms with Gasteiger partial charge < -0.3 is 13.9 Å². The van der Waals surface area contributed by atoms with E-state index in [0.29, 0.717) is 18.6 Å². The number of nitrogens with zero attached hydrogens (tertiary/aromatic N) is 1. The molecule has 0 aliphatic carbocycles. The summed E-state index contributed by atoms with van der Waals surface area (Å²) in [5, 5.41) is 8.79. The summed E-state index contributed by atoms with van der Waals surface area (Å²) < 4.78 is 16.6. The lowest BCUT2D eigenvalue weighted by Crippen LogP contribution is -1.97. The van der Waals surface area contributed by atoms with Crippen LogP contribution in [-0.4, -0.2) is 19.7 Å². The van der Waals surface area contributed by atoms with E-state index in [1.807, 2.05) is 31.2 Å². The molecular weight excluding hydrogens is 342 g/mol. The maximum Gasteiger partial charge on any atom is 0.159 e. The zero-order chi connectivity index (χ0) is 19.8. The van der Waals surface area contributed by atoms with Gasteiger partial charge in [0.15, 0.2) is 5.78 Å². The second-order valence-electron chi connectivity index (χ2n) is 6.73. The van der Waals surface area contributed by atoms with Crippen molar-refractivity contribution in [3.63, 3.8) is 0 Å². The number of furan rings is 1. The third-order valence-corrected chi connectivity index (χ3v) is 4.66. The van der Waals surface area contributed by atoms with Gasteiger partial charge >= 0.3 is 0 Å². The third-order valence-electron chi connectivity index (χ3n) is 4.66. The number of hydrogen-bond acceptors (Lipinski definition) is 5. The normalized spacial score (nSPS) is 12.0. The molecule has 1 aromatic heterocycles. The van der Waals surface area contributed by atoms with Gasteiger partial charge in [-0.1, -0.05) is 31.2 Å². The van der Waals surface area contributed by atoms with Crippen LogP contribution < -0.4 is 0 Å². The van der Waals surface area contributed by atoms with E-state index < -0.39 is 0 Å². The lowest BCUT2D eigenvalue weighted by atomic mass is 9.92. The van der Waals surface area contributed by atoms with E-state index in [2.05, 4.69) is 13.0 Å². The number of unbranched alkanes of at least 4 members (excludes halogenated alkanes) is 1. The zero-order valence-electron chi connectivity index (χ0n) is 16.5. The highest BCUT2D eigenvalue weighted by Gasteiger charge is 2.23. The van der Waals surface area contributed by atoms with Crippen LogP contribution in [0.4, 0.5) is 0 Å². The van der Waals surface area contributed by atoms with Gasteiger partial charge in [-0.2, -0.15) is 5.26 Å². The lowest BCUT2D eigenvalue weighted by molar-refractivity contribution is -0.0444. The Balaban J connectivity index is 2.39. The minimum absolute atomic E-state index is 0.0456. The smallest absolute Gasteiger partial charge is 0.159 e. The molecule has 1 heterocycles. The first-order chi connectivity index (χ1) is 13.0. The second-order valence-corrected chi connectivity index (χ2v) is 6.73. The Kier molecular flexibility index (Phi) is 7.78. The van der Waals surface area contributed by atoms with Gasteiger partial charge in [-0.05, 0) is 32.3 Å². The molecule has 0 spiro atoms. The second kappa shape index (κ2) is 10.1. The maximum atomic E-state index is 11.6. The molecule has 1 unspecified atom stereocenters. The van der Waals surface area contributed by atoms with Gasteiger partial charge in [0.1, 0.15) is 24.9 Å². The van der Waals surface area contributed by atoms with E-state index in [1.165, 1.54) is 0 Å². The topological polar surface area (TPSA) is 72.5 Å². The molecule has 0 bridgehead atoms. The standard InChI is InChI=1S/C22H27NO4/c1-15(7-5-6-12-23)22-21(16(2)20(27-22)13-26-14-25-4)19-10-8-18(9-11-19)17(3)24/h8-11,15H,5-7,13-14H2,1-4H3. The van der Waals surface area contributed by atoms with Crippen molar-refractivity contribution in [3.8, 4) is 17.2 Å². The highest BCUT2D eigenvalue weighted by Crippen LogP contribution is 2.38. The lowest BCUT2D eigenvalue weighted by Gasteiger charge is -2.11. The SMILES string of the molecule is COCOCc1oc(C(C)CCCC#N)c(-c2ccc(C(C)=O)cc2)c1C. The number of rotatable bonds is 10. The van der Waals surface area contributed by atoms with E-state index in [9.17, 15) is 4.79 Å². The van der Waals surface area contributed by atoms with E-state index in [1.54, 1.807) is 14.0 Å². The van der Waals surface area contributed by atoms with Crippen molar-refractivity contribution < 1.29 is 18.7 Å². The zero-order valence-corrected chi connectivity index (χ0v) is 16.5. The highest BCUT2D eigenvalue weighted by molar-refractivity contribution is 5.94. The number of nitriles is 1. The predicted molar refractivity (Wildman–Crippen MR) is 103 cm³/mol. The van der Waals surface area contributed by atoms with Crippen LogP contribution in [0.3, 0.4) is 0 Å². The summed E-state index contributed by atoms with van der Waals surface area (Å²) in [6, 6.07) is 9.79. The van der Waals surface area contributed by atoms with Crippen LogP contribution in [0.25, 0.3) is 11.1 Å². The number of benzene rings is 1. The Morgan fingerprint density at radius 1 is 1.30 bits per heavy atom. The molecule has 1 atom stereocenters. The largest absolute Gasteiger partial charge is 0.462 e. The first-order valence-corrected chi connectivity index (χ1v) is 9.16. The molecule has 0 radical (unpaired) electrons. The number of methoxy groups -OCH3 is 1. The average molecular weight is 369 g/mol. The number of carbonyl (C=O) groups excluding carboxylic acids is 1. The van der Waals surface area contributed by atoms with Crippen molar-refractivity contribution in [2.75, 3.05) is 13.9 Å². The number of Topliss-reactive ketones (excluding diaryl/α,β-unsaturated/α-hetero) is 1. The number of hydrogen-bond donors (Lipinski definition) is 0. The molecule has 0 N–H and O–H groups in total. The van der Waals surface area contributed by atoms with Crippen LogP contribution >= 0.6 is 0 Å². The molecule has 27 heavy (non-hydrogen) atoms. The minimum atomic E-state index is 0.0456. The average Bonchev–Trinajstić information content (AvgIpc) is 2.99. The summed E-state index contributed by atoms with van der Waals surface area (Å²) in [6.07, 6.45) is 2.24. The fourth-order valence-corrected chi connectivity index (χ4v) is 3.14. The fraction of sp³-hybridized carbons (Fsp3) is 0.455. The Labute approximate surface area is 160 Å². The number of carbonyl (C=O) groups is 1. The van der Waals surface area contributed by atoms with Gasteiger partial charge in [-0.3, -0.25) is 4.79 Å². The van der Waals surface area contributed by atoms with E-state index in [-0.39, 0.29) is 18.5 Å². The molecule has 0 aliphatic rings. The molecule has 0 aliphatic heterocycles. The first kappa shape index (κ1) is 20.9. The summed E-state index contributed by atoms with van der Waals surface area (Å²) in [7, 11) is 1.58. The Bertz CT molecular complexity index is 799. The van der Waals surface area contributed by atoms with Crippen molar-refractivity contribution in [2.45, 2.75) is 52.6 Å². The summed E-state index contributed by atoms with van der Waals surface area (Å²) in [4.78, 5) is 11.6. The maximum absolute atomic E-state index is 11.6. The van der Waals surface area contributed by atoms with Gasteiger partial charge in [0.25, 0.3) is 0 Å². The van der Waals surface area contributed by atoms with E-state index in [4.69, 9.17) is 19.2 Å². The third kappa shape index (κ3) is 5.29. The first-order valence-electron chi connectivity index (χ1n) is 9.16. The predicted octanol–water partition coefficient (Wildman–Crippen LogP) is 5.38. The molecule has 0 saturated carbocycles. The van der Waals surface area contributed by atoms with Crippen LogP contribution in [0.1, 0.15) is 66.5 Å². The van der Waals surface area contributed by atoms with Crippen LogP contribution in [0.15, 0.2) is 28.7 Å². The fourth-order valence-electron chi connectivity index (χ4n) is 3.14. The number of ether oxygens (including phenoxy) is 2. The van der Waals surface area contributed by atoms with Crippen LogP contribution in [0, 0.1) is 18.3 Å². The summed E-state index contributed by atoms with van der Waals surface area (Å²) in [5.74, 6) is 1.90. The quantitative estimate of drug-likeness (QED) is 0.319. The molecular formula is C22H27NO4. The molecule has 2 rings (SSSR count). The Morgan fingerprint density at radius 3 is 2.59 bits per heavy atom. The van der Waals surface area contributed by atoms with Gasteiger partial charge in [-0.25, -0.2) is 0 Å². The van der Waals surface area contributed by atoms with Crippen molar-refractivity contribution in [1.29, 1.82) is 5.26 Å². The van der Waals surface area contributed by atoms with Crippen molar-refractivity contribution in [2.24, 2.45) is 0 Å². The van der Waals surface area contributed by atoms with Crippen molar-refractivity contribution in [3.05, 3.63) is 46.9 Å². The molecule has 5 nitrogen and oxygen atoms in total. The molecule has 5 heteroatoms. The molecule has 0 fully saturated rings. The van der Waals surface area contributed by atoms with Gasteiger partial charge in [-0.15, -0.1) is 0 Å². The van der Waals surface area contributed by atoms with Crippen molar-refractivity contribution >= 4 is 5.78 Å². The molecule has 0 amide bonds. The van der Waals surface area contributed by atoms with Crippen LogP contribution in [-0.2, 0) is 16.1 Å². The monoisotopic (exact) mass is 369 g/mol. The minimum Gasteiger partial charge on any atom is -0.462 e. The van der Waals surface area contributed by atoms with Crippen LogP contribution in [0.5, 0.6) is 0 Å². The van der Waals surface area contributed by atoms with Gasteiger partial charge in [0.2, 0.25) is 0 Å². The molecule has 2 aromatic rings. The van der Waals surface area contributed by atoms with Gasteiger partial charge in [0, 0.05) is 36.1 Å². The molecule has 144 valence electrons. The van der Waals surface area contributed by atoms with E-state index >= 15 is 0 Å². The summed E-state index contributed by atoms with van der Waals surface area (Å²) in [5.41, 5.74) is 3.78. The molecule has 0 saturated heterocycles. The van der Waals surface area contributed by atoms with Crippen LogP contribution in [0.2, 0.25) is 0 Å². The van der Waals surface area contributed by atoms with E-state index in [0.717, 1.165) is 41.1 Å². The summed E-state index contributed by atoms with van der Waals surface area (Å²) in [6.45, 7) is 6.24.